The Labute approximate surface area is 148 Å². The number of nitrogens with zero attached hydrogens (tertiary/aromatic N) is 6. The van der Waals surface area contributed by atoms with Gasteiger partial charge in [0.15, 0.2) is 0 Å². The molecule has 1 aromatic heterocycles. The molecule has 0 spiro atoms. The molecular weight excluding hydrogens is 344 g/mol. The van der Waals surface area contributed by atoms with Crippen LogP contribution >= 0.6 is 11.8 Å². The molecule has 2 heterocycles. The van der Waals surface area contributed by atoms with Crippen molar-refractivity contribution in [3.63, 3.8) is 0 Å². The molecule has 2 aromatic rings. The molecule has 1 aliphatic heterocycles. The monoisotopic (exact) mass is 362 g/mol. The number of amides is 1. The van der Waals surface area contributed by atoms with Gasteiger partial charge in [0.25, 0.3) is 5.69 Å². The van der Waals surface area contributed by atoms with Gasteiger partial charge in [0.05, 0.1) is 21.4 Å². The first-order valence-corrected chi connectivity index (χ1v) is 8.66. The summed E-state index contributed by atoms with van der Waals surface area (Å²) in [7, 11) is 0. The minimum absolute atomic E-state index is 0.0296. The topological polar surface area (TPSA) is 107 Å². The highest BCUT2D eigenvalue weighted by Crippen LogP contribution is 2.34. The van der Waals surface area contributed by atoms with Crippen LogP contribution in [0.5, 0.6) is 0 Å². The molecule has 3 rings (SSSR count). The highest BCUT2D eigenvalue weighted by atomic mass is 32.2. The van der Waals surface area contributed by atoms with E-state index in [1.54, 1.807) is 21.7 Å². The van der Waals surface area contributed by atoms with Gasteiger partial charge in [-0.25, -0.2) is 4.68 Å². The predicted octanol–water partition coefficient (Wildman–Crippen LogP) is 2.23. The predicted molar refractivity (Wildman–Crippen MR) is 92.5 cm³/mol. The molecule has 0 saturated carbocycles. The minimum Gasteiger partial charge on any atom is -0.311 e. The highest BCUT2D eigenvalue weighted by Gasteiger charge is 2.36. The van der Waals surface area contributed by atoms with Gasteiger partial charge < -0.3 is 4.90 Å². The Kier molecular flexibility index (Phi) is 4.46. The van der Waals surface area contributed by atoms with Crippen molar-refractivity contribution in [1.82, 2.24) is 20.2 Å². The van der Waals surface area contributed by atoms with E-state index in [0.29, 0.717) is 23.8 Å². The lowest BCUT2D eigenvalue weighted by Crippen LogP contribution is -2.29. The molecule has 132 valence electrons. The Balaban J connectivity index is 1.78. The zero-order chi connectivity index (χ0) is 18.2. The van der Waals surface area contributed by atoms with Gasteiger partial charge in [-0.05, 0) is 43.7 Å². The average molecular weight is 362 g/mol. The van der Waals surface area contributed by atoms with Gasteiger partial charge in [-0.3, -0.25) is 14.9 Å². The first-order chi connectivity index (χ1) is 11.8. The zero-order valence-electron chi connectivity index (χ0n) is 14.1. The third-order valence-corrected chi connectivity index (χ3v) is 5.02. The fourth-order valence-corrected chi connectivity index (χ4v) is 3.79. The third-order valence-electron chi connectivity index (χ3n) is 3.83. The van der Waals surface area contributed by atoms with E-state index in [2.05, 4.69) is 15.5 Å². The summed E-state index contributed by atoms with van der Waals surface area (Å²) in [4.78, 5) is 24.8. The number of carbonyl (C=O) groups is 1. The summed E-state index contributed by atoms with van der Waals surface area (Å²) in [6.45, 7) is 6.46. The number of nitro benzene ring substituents is 1. The molecule has 10 heteroatoms. The van der Waals surface area contributed by atoms with Crippen LogP contribution in [0.3, 0.4) is 0 Å². The van der Waals surface area contributed by atoms with E-state index in [9.17, 15) is 14.9 Å². The lowest BCUT2D eigenvalue weighted by Gasteiger charge is -2.20. The number of thioether (sulfide) groups is 1. The van der Waals surface area contributed by atoms with Crippen LogP contribution in [0.1, 0.15) is 27.2 Å². The lowest BCUT2D eigenvalue weighted by molar-refractivity contribution is -0.384. The molecule has 1 amide bonds. The third kappa shape index (κ3) is 3.48. The number of benzene rings is 1. The Bertz CT molecular complexity index is 816. The number of rotatable bonds is 4. The maximum atomic E-state index is 12.7. The second-order valence-electron chi connectivity index (χ2n) is 6.71. The molecule has 1 aromatic carbocycles. The highest BCUT2D eigenvalue weighted by molar-refractivity contribution is 8.00. The second kappa shape index (κ2) is 6.43. The fourth-order valence-electron chi connectivity index (χ4n) is 2.59. The van der Waals surface area contributed by atoms with Crippen molar-refractivity contribution >= 4 is 29.0 Å². The zero-order valence-corrected chi connectivity index (χ0v) is 14.9. The molecule has 0 aliphatic carbocycles. The number of hydrogen-bond donors (Lipinski definition) is 0. The normalized spacial score (nSPS) is 18.0. The first kappa shape index (κ1) is 17.3. The van der Waals surface area contributed by atoms with Crippen LogP contribution in [0.4, 0.5) is 11.4 Å². The van der Waals surface area contributed by atoms with Gasteiger partial charge in [-0.1, -0.05) is 17.8 Å². The van der Waals surface area contributed by atoms with Gasteiger partial charge in [0.1, 0.15) is 0 Å². The van der Waals surface area contributed by atoms with E-state index >= 15 is 0 Å². The van der Waals surface area contributed by atoms with Gasteiger partial charge in [0, 0.05) is 18.7 Å². The maximum absolute atomic E-state index is 12.7. The molecule has 9 nitrogen and oxygen atoms in total. The van der Waals surface area contributed by atoms with Crippen LogP contribution in [0.2, 0.25) is 0 Å². The Morgan fingerprint density at radius 2 is 2.12 bits per heavy atom. The molecule has 0 N–H and O–H groups in total. The molecule has 1 fully saturated rings. The molecule has 0 radical (unpaired) electrons. The van der Waals surface area contributed by atoms with Crippen LogP contribution in [-0.2, 0) is 10.3 Å². The SMILES string of the molecule is CC(C)(C)n1nnnc1SC1CCN(c2cccc([N+](=O)[O-])c2)C1=O. The molecule has 0 bridgehead atoms. The number of aromatic nitrogens is 4. The van der Waals surface area contributed by atoms with Crippen LogP contribution in [0.15, 0.2) is 29.4 Å². The summed E-state index contributed by atoms with van der Waals surface area (Å²) in [6.07, 6.45) is 0.628. The quantitative estimate of drug-likeness (QED) is 0.606. The van der Waals surface area contributed by atoms with Gasteiger partial charge >= 0.3 is 0 Å². The van der Waals surface area contributed by atoms with Crippen LogP contribution < -0.4 is 4.90 Å². The summed E-state index contributed by atoms with van der Waals surface area (Å²) in [6, 6.07) is 6.12. The number of hydrogen-bond acceptors (Lipinski definition) is 7. The van der Waals surface area contributed by atoms with Crippen molar-refractivity contribution in [2.24, 2.45) is 0 Å². The van der Waals surface area contributed by atoms with Crippen LogP contribution in [-0.4, -0.2) is 42.8 Å². The van der Waals surface area contributed by atoms with E-state index < -0.39 is 4.92 Å². The molecule has 1 unspecified atom stereocenters. The number of anilines is 1. The van der Waals surface area contributed by atoms with Crippen molar-refractivity contribution in [2.45, 2.75) is 43.1 Å². The van der Waals surface area contributed by atoms with Crippen molar-refractivity contribution in [2.75, 3.05) is 11.4 Å². The van der Waals surface area contributed by atoms with Gasteiger partial charge in [0.2, 0.25) is 11.1 Å². The van der Waals surface area contributed by atoms with Crippen molar-refractivity contribution in [1.29, 1.82) is 0 Å². The Morgan fingerprint density at radius 3 is 2.80 bits per heavy atom. The number of tetrazole rings is 1. The number of non-ortho nitro benzene ring substituents is 1. The standard InChI is InChI=1S/C15H18N6O3S/c1-15(2,3)20-14(16-17-18-20)25-12-7-8-19(13(12)22)10-5-4-6-11(9-10)21(23)24/h4-6,9,12H,7-8H2,1-3H3. The van der Waals surface area contributed by atoms with Gasteiger partial charge in [-0.15, -0.1) is 5.10 Å². The summed E-state index contributed by atoms with van der Waals surface area (Å²) in [5, 5.41) is 22.9. The van der Waals surface area contributed by atoms with E-state index in [1.165, 1.54) is 23.9 Å². The molecule has 25 heavy (non-hydrogen) atoms. The Hall–Kier alpha value is -2.49. The van der Waals surface area contributed by atoms with Crippen LogP contribution in [0, 0.1) is 10.1 Å². The lowest BCUT2D eigenvalue weighted by atomic mass is 10.1. The first-order valence-electron chi connectivity index (χ1n) is 7.79. The Morgan fingerprint density at radius 1 is 1.36 bits per heavy atom. The fraction of sp³-hybridized carbons (Fsp3) is 0.467. The van der Waals surface area contributed by atoms with Crippen molar-refractivity contribution in [3.05, 3.63) is 34.4 Å². The van der Waals surface area contributed by atoms with Crippen molar-refractivity contribution in [3.8, 4) is 0 Å². The summed E-state index contributed by atoms with van der Waals surface area (Å²) in [5.41, 5.74) is 0.225. The largest absolute Gasteiger partial charge is 0.311 e. The summed E-state index contributed by atoms with van der Waals surface area (Å²) >= 11 is 1.33. The molecule has 1 aliphatic rings. The molecule has 1 atom stereocenters. The average Bonchev–Trinajstić information content (AvgIpc) is 3.15. The van der Waals surface area contributed by atoms with Gasteiger partial charge in [-0.2, -0.15) is 0 Å². The van der Waals surface area contributed by atoms with E-state index in [1.807, 2.05) is 20.8 Å². The summed E-state index contributed by atoms with van der Waals surface area (Å²) < 4.78 is 1.70. The molecular formula is C15H18N6O3S. The van der Waals surface area contributed by atoms with Crippen LogP contribution in [0.25, 0.3) is 0 Å². The second-order valence-corrected chi connectivity index (χ2v) is 7.88. The smallest absolute Gasteiger partial charge is 0.271 e. The molecule has 1 saturated heterocycles. The van der Waals surface area contributed by atoms with E-state index in [0.717, 1.165) is 0 Å². The van der Waals surface area contributed by atoms with Crippen molar-refractivity contribution < 1.29 is 9.72 Å². The van der Waals surface area contributed by atoms with E-state index in [4.69, 9.17) is 0 Å². The number of carbonyl (C=O) groups excluding carboxylic acids is 1. The number of nitro groups is 1. The maximum Gasteiger partial charge on any atom is 0.271 e. The summed E-state index contributed by atoms with van der Waals surface area (Å²) in [5.74, 6) is -0.0889. The van der Waals surface area contributed by atoms with E-state index in [-0.39, 0.29) is 22.4 Å². The minimum atomic E-state index is -0.465.